The Morgan fingerprint density at radius 1 is 1.05 bits per heavy atom. The van der Waals surface area contributed by atoms with Gasteiger partial charge in [-0.25, -0.2) is 0 Å². The lowest BCUT2D eigenvalue weighted by Gasteiger charge is -2.22. The highest BCUT2D eigenvalue weighted by Gasteiger charge is 2.24. The molecule has 0 amide bonds. The minimum absolute atomic E-state index is 0. The molecule has 112 valence electrons. The Balaban J connectivity index is 0.00000161. The van der Waals surface area contributed by atoms with Gasteiger partial charge in [0.2, 0.25) is 0 Å². The van der Waals surface area contributed by atoms with Gasteiger partial charge in [0.1, 0.15) is 0 Å². The Bertz CT molecular complexity index is 616. The van der Waals surface area contributed by atoms with Crippen molar-refractivity contribution in [3.63, 3.8) is 0 Å². The Hall–Kier alpha value is -1.71. The van der Waals surface area contributed by atoms with Crippen molar-refractivity contribution < 1.29 is 10.2 Å². The number of likely N-dealkylation sites (N-methyl/N-ethyl adjacent to an activating group) is 1. The summed E-state index contributed by atoms with van der Waals surface area (Å²) in [5.41, 5.74) is 3.49. The molecule has 2 aromatic carbocycles. The predicted molar refractivity (Wildman–Crippen MR) is 86.5 cm³/mol. The first kappa shape index (κ1) is 15.7. The number of hydrogen-bond acceptors (Lipinski definition) is 3. The molecule has 3 rings (SSSR count). The van der Waals surface area contributed by atoms with E-state index in [0.29, 0.717) is 0 Å². The number of hydrogen-bond donors (Lipinski definition) is 2. The molecule has 0 aliphatic carbocycles. The van der Waals surface area contributed by atoms with E-state index in [4.69, 9.17) is 0 Å². The minimum atomic E-state index is -0.0331. The van der Waals surface area contributed by atoms with Crippen LogP contribution in [0.3, 0.4) is 0 Å². The molecular formula is C17H20ClNO2. The van der Waals surface area contributed by atoms with Crippen LogP contribution in [-0.2, 0) is 6.42 Å². The Morgan fingerprint density at radius 3 is 2.43 bits per heavy atom. The quantitative estimate of drug-likeness (QED) is 0.796. The first-order chi connectivity index (χ1) is 9.65. The topological polar surface area (TPSA) is 43.7 Å². The molecule has 0 saturated carbocycles. The minimum Gasteiger partial charge on any atom is -0.504 e. The highest BCUT2D eigenvalue weighted by Crippen LogP contribution is 2.37. The van der Waals surface area contributed by atoms with Crippen LogP contribution in [0, 0.1) is 0 Å². The SMILES string of the molecule is CN1CCc2cc(O)c(O)cc2C(c2ccccc2)C1.Cl. The van der Waals surface area contributed by atoms with Gasteiger partial charge in [-0.3, -0.25) is 0 Å². The van der Waals surface area contributed by atoms with Crippen molar-refractivity contribution in [1.29, 1.82) is 0 Å². The summed E-state index contributed by atoms with van der Waals surface area (Å²) in [6.07, 6.45) is 0.892. The Morgan fingerprint density at radius 2 is 1.71 bits per heavy atom. The van der Waals surface area contributed by atoms with Crippen molar-refractivity contribution in [2.24, 2.45) is 0 Å². The number of fused-ring (bicyclic) bond motifs is 1. The van der Waals surface area contributed by atoms with Crippen LogP contribution in [0.2, 0.25) is 0 Å². The Kier molecular flexibility index (Phi) is 4.76. The molecule has 3 nitrogen and oxygen atoms in total. The van der Waals surface area contributed by atoms with Gasteiger partial charge in [0.05, 0.1) is 0 Å². The van der Waals surface area contributed by atoms with E-state index in [2.05, 4.69) is 24.1 Å². The predicted octanol–water partition coefficient (Wildman–Crippen LogP) is 3.14. The van der Waals surface area contributed by atoms with E-state index in [-0.39, 0.29) is 29.8 Å². The van der Waals surface area contributed by atoms with Gasteiger partial charge in [-0.1, -0.05) is 30.3 Å². The first-order valence-corrected chi connectivity index (χ1v) is 6.93. The van der Waals surface area contributed by atoms with E-state index >= 15 is 0 Å². The van der Waals surface area contributed by atoms with E-state index in [1.54, 1.807) is 12.1 Å². The maximum atomic E-state index is 9.83. The molecule has 1 aliphatic rings. The molecule has 0 bridgehead atoms. The van der Waals surface area contributed by atoms with Crippen LogP contribution in [-0.4, -0.2) is 35.3 Å². The van der Waals surface area contributed by atoms with Crippen molar-refractivity contribution >= 4 is 12.4 Å². The second-order valence-electron chi connectivity index (χ2n) is 5.52. The molecule has 4 heteroatoms. The molecule has 0 saturated heterocycles. The smallest absolute Gasteiger partial charge is 0.157 e. The molecule has 0 fully saturated rings. The largest absolute Gasteiger partial charge is 0.504 e. The van der Waals surface area contributed by atoms with Crippen LogP contribution in [0.25, 0.3) is 0 Å². The zero-order valence-corrected chi connectivity index (χ0v) is 12.8. The molecule has 0 spiro atoms. The third kappa shape index (κ3) is 3.14. The lowest BCUT2D eigenvalue weighted by atomic mass is 9.87. The zero-order chi connectivity index (χ0) is 14.1. The average Bonchev–Trinajstić information content (AvgIpc) is 2.61. The van der Waals surface area contributed by atoms with E-state index in [0.717, 1.165) is 30.6 Å². The zero-order valence-electron chi connectivity index (χ0n) is 12.0. The standard InChI is InChI=1S/C17H19NO2.ClH/c1-18-8-7-13-9-16(19)17(20)10-14(13)15(11-18)12-5-3-2-4-6-12;/h2-6,9-10,15,19-20H,7-8,11H2,1H3;1H. The summed E-state index contributed by atoms with van der Waals surface area (Å²) in [6, 6.07) is 13.8. The highest BCUT2D eigenvalue weighted by atomic mass is 35.5. The van der Waals surface area contributed by atoms with Crippen molar-refractivity contribution in [3.05, 3.63) is 59.2 Å². The molecule has 0 aromatic heterocycles. The van der Waals surface area contributed by atoms with Crippen LogP contribution in [0.15, 0.2) is 42.5 Å². The monoisotopic (exact) mass is 305 g/mol. The van der Waals surface area contributed by atoms with Crippen LogP contribution >= 0.6 is 12.4 Å². The summed E-state index contributed by atoms with van der Waals surface area (Å²) >= 11 is 0. The normalized spacial score (nSPS) is 18.4. The summed E-state index contributed by atoms with van der Waals surface area (Å²) in [5.74, 6) is 0.166. The first-order valence-electron chi connectivity index (χ1n) is 6.93. The second kappa shape index (κ2) is 6.37. The fourth-order valence-corrected chi connectivity index (χ4v) is 2.96. The Labute approximate surface area is 131 Å². The van der Waals surface area contributed by atoms with E-state index in [1.807, 2.05) is 18.2 Å². The van der Waals surface area contributed by atoms with Crippen molar-refractivity contribution in [3.8, 4) is 11.5 Å². The number of halogens is 1. The molecular weight excluding hydrogens is 286 g/mol. The third-order valence-electron chi connectivity index (χ3n) is 4.07. The van der Waals surface area contributed by atoms with E-state index in [1.165, 1.54) is 5.56 Å². The number of nitrogens with zero attached hydrogens (tertiary/aromatic N) is 1. The molecule has 0 radical (unpaired) electrons. The molecule has 1 heterocycles. The van der Waals surface area contributed by atoms with E-state index in [9.17, 15) is 10.2 Å². The molecule has 2 N–H and O–H groups in total. The number of rotatable bonds is 1. The fraction of sp³-hybridized carbons (Fsp3) is 0.294. The van der Waals surface area contributed by atoms with Gasteiger partial charge < -0.3 is 15.1 Å². The summed E-state index contributed by atoms with van der Waals surface area (Å²) < 4.78 is 0. The number of phenols is 2. The van der Waals surface area contributed by atoms with Crippen LogP contribution < -0.4 is 0 Å². The highest BCUT2D eigenvalue weighted by molar-refractivity contribution is 5.85. The van der Waals surface area contributed by atoms with Crippen molar-refractivity contribution in [1.82, 2.24) is 4.90 Å². The summed E-state index contributed by atoms with van der Waals surface area (Å²) in [6.45, 7) is 1.88. The van der Waals surface area contributed by atoms with Crippen molar-refractivity contribution in [2.45, 2.75) is 12.3 Å². The van der Waals surface area contributed by atoms with Crippen LogP contribution in [0.5, 0.6) is 11.5 Å². The van der Waals surface area contributed by atoms with Gasteiger partial charge in [-0.2, -0.15) is 0 Å². The van der Waals surface area contributed by atoms with Gasteiger partial charge in [0.25, 0.3) is 0 Å². The maximum Gasteiger partial charge on any atom is 0.157 e. The van der Waals surface area contributed by atoms with Gasteiger partial charge in [0, 0.05) is 19.0 Å². The van der Waals surface area contributed by atoms with Gasteiger partial charge in [-0.15, -0.1) is 12.4 Å². The molecule has 1 atom stereocenters. The van der Waals surface area contributed by atoms with Crippen LogP contribution in [0.1, 0.15) is 22.6 Å². The van der Waals surface area contributed by atoms with Crippen LogP contribution in [0.4, 0.5) is 0 Å². The number of aromatic hydroxyl groups is 2. The summed E-state index contributed by atoms with van der Waals surface area (Å²) in [5, 5.41) is 19.6. The van der Waals surface area contributed by atoms with Gasteiger partial charge in [-0.05, 0) is 42.3 Å². The molecule has 21 heavy (non-hydrogen) atoms. The summed E-state index contributed by atoms with van der Waals surface area (Å²) in [7, 11) is 2.11. The maximum absolute atomic E-state index is 9.83. The average molecular weight is 306 g/mol. The lowest BCUT2D eigenvalue weighted by Crippen LogP contribution is -2.24. The fourth-order valence-electron chi connectivity index (χ4n) is 2.96. The summed E-state index contributed by atoms with van der Waals surface area (Å²) in [4.78, 5) is 2.30. The number of benzene rings is 2. The molecule has 1 unspecified atom stereocenters. The third-order valence-corrected chi connectivity index (χ3v) is 4.07. The second-order valence-corrected chi connectivity index (χ2v) is 5.52. The van der Waals surface area contributed by atoms with Crippen molar-refractivity contribution in [2.75, 3.05) is 20.1 Å². The van der Waals surface area contributed by atoms with Gasteiger partial charge >= 0.3 is 0 Å². The van der Waals surface area contributed by atoms with Gasteiger partial charge in [0.15, 0.2) is 11.5 Å². The number of phenolic OH excluding ortho intramolecular Hbond substituents is 2. The molecule has 1 aliphatic heterocycles. The van der Waals surface area contributed by atoms with E-state index < -0.39 is 0 Å². The lowest BCUT2D eigenvalue weighted by molar-refractivity contribution is 0.338. The molecule has 2 aromatic rings.